The predicted molar refractivity (Wildman–Crippen MR) is 62.0 cm³/mol. The lowest BCUT2D eigenvalue weighted by molar-refractivity contribution is 0.310. The fraction of sp³-hybridized carbons (Fsp3) is 0.538. The Balaban J connectivity index is 2.09. The van der Waals surface area contributed by atoms with Gasteiger partial charge in [-0.2, -0.15) is 0 Å². The third-order valence-corrected chi connectivity index (χ3v) is 3.24. The first-order chi connectivity index (χ1) is 7.16. The number of phenols is 1. The summed E-state index contributed by atoms with van der Waals surface area (Å²) in [7, 11) is 0. The van der Waals surface area contributed by atoms with Gasteiger partial charge in [-0.15, -0.1) is 0 Å². The quantitative estimate of drug-likeness (QED) is 0.795. The summed E-state index contributed by atoms with van der Waals surface area (Å²) in [5, 5.41) is 13.3. The predicted octanol–water partition coefficient (Wildman–Crippen LogP) is 2.90. The molecule has 0 amide bonds. The number of hydrogen-bond acceptors (Lipinski definition) is 2. The van der Waals surface area contributed by atoms with Crippen molar-refractivity contribution in [3.63, 3.8) is 0 Å². The number of phenolic OH excluding ortho intramolecular Hbond substituents is 1. The third kappa shape index (κ3) is 2.32. The molecule has 1 aromatic carbocycles. The molecule has 15 heavy (non-hydrogen) atoms. The largest absolute Gasteiger partial charge is 0.508 e. The van der Waals surface area contributed by atoms with Crippen LogP contribution in [0.15, 0.2) is 18.2 Å². The Morgan fingerprint density at radius 1 is 1.40 bits per heavy atom. The summed E-state index contributed by atoms with van der Waals surface area (Å²) < 4.78 is 0. The summed E-state index contributed by atoms with van der Waals surface area (Å²) in [5.41, 5.74) is 2.21. The van der Waals surface area contributed by atoms with Gasteiger partial charge in [-0.05, 0) is 32.8 Å². The molecule has 1 aliphatic carbocycles. The van der Waals surface area contributed by atoms with Crippen LogP contribution < -0.4 is 5.32 Å². The third-order valence-electron chi connectivity index (χ3n) is 3.24. The Morgan fingerprint density at radius 3 is 2.73 bits per heavy atom. The van der Waals surface area contributed by atoms with Crippen molar-refractivity contribution in [3.8, 4) is 5.75 Å². The van der Waals surface area contributed by atoms with E-state index in [-0.39, 0.29) is 6.04 Å². The molecule has 0 aliphatic heterocycles. The van der Waals surface area contributed by atoms with Crippen molar-refractivity contribution in [2.45, 2.75) is 45.2 Å². The van der Waals surface area contributed by atoms with Gasteiger partial charge >= 0.3 is 0 Å². The molecule has 0 radical (unpaired) electrons. The normalized spacial score (nSPS) is 18.5. The van der Waals surface area contributed by atoms with Crippen LogP contribution in [0.3, 0.4) is 0 Å². The monoisotopic (exact) mass is 205 g/mol. The number of rotatable bonds is 3. The highest BCUT2D eigenvalue weighted by Gasteiger charge is 2.20. The van der Waals surface area contributed by atoms with Crippen LogP contribution in [0.25, 0.3) is 0 Å². The van der Waals surface area contributed by atoms with Gasteiger partial charge in [-0.3, -0.25) is 0 Å². The van der Waals surface area contributed by atoms with E-state index in [1.54, 1.807) is 6.07 Å². The Bertz CT molecular complexity index is 344. The van der Waals surface area contributed by atoms with E-state index < -0.39 is 0 Å². The number of aromatic hydroxyl groups is 1. The maximum absolute atomic E-state index is 9.77. The lowest BCUT2D eigenvalue weighted by Crippen LogP contribution is -2.36. The van der Waals surface area contributed by atoms with E-state index in [1.807, 2.05) is 6.07 Å². The highest BCUT2D eigenvalue weighted by molar-refractivity contribution is 5.37. The Kier molecular flexibility index (Phi) is 2.96. The molecule has 0 aromatic heterocycles. The van der Waals surface area contributed by atoms with Gasteiger partial charge in [0.25, 0.3) is 0 Å². The van der Waals surface area contributed by atoms with Gasteiger partial charge in [0.15, 0.2) is 0 Å². The first-order valence-electron chi connectivity index (χ1n) is 5.72. The van der Waals surface area contributed by atoms with E-state index >= 15 is 0 Å². The topological polar surface area (TPSA) is 32.3 Å². The molecule has 82 valence electrons. The first-order valence-corrected chi connectivity index (χ1v) is 5.72. The molecule has 1 aromatic rings. The minimum absolute atomic E-state index is 0.246. The van der Waals surface area contributed by atoms with Crippen LogP contribution in [0.1, 0.15) is 43.4 Å². The van der Waals surface area contributed by atoms with Gasteiger partial charge in [0.05, 0.1) is 0 Å². The number of hydrogen-bond donors (Lipinski definition) is 2. The van der Waals surface area contributed by atoms with Crippen molar-refractivity contribution in [1.82, 2.24) is 5.32 Å². The molecule has 1 atom stereocenters. The van der Waals surface area contributed by atoms with Gasteiger partial charge < -0.3 is 10.4 Å². The molecule has 0 spiro atoms. The molecule has 2 heteroatoms. The van der Waals surface area contributed by atoms with Crippen LogP contribution in [0.5, 0.6) is 5.75 Å². The minimum Gasteiger partial charge on any atom is -0.508 e. The second kappa shape index (κ2) is 4.23. The van der Waals surface area contributed by atoms with E-state index in [9.17, 15) is 5.11 Å². The zero-order valence-corrected chi connectivity index (χ0v) is 9.46. The summed E-state index contributed by atoms with van der Waals surface area (Å²) in [4.78, 5) is 0. The van der Waals surface area contributed by atoms with Crippen molar-refractivity contribution in [3.05, 3.63) is 29.3 Å². The lowest BCUT2D eigenvalue weighted by atomic mass is 9.91. The molecule has 1 aliphatic rings. The van der Waals surface area contributed by atoms with Gasteiger partial charge in [-0.1, -0.05) is 24.1 Å². The van der Waals surface area contributed by atoms with Crippen molar-refractivity contribution < 1.29 is 5.11 Å². The summed E-state index contributed by atoms with van der Waals surface area (Å²) in [5.74, 6) is 0.403. The smallest absolute Gasteiger partial charge is 0.120 e. The molecule has 1 saturated carbocycles. The molecule has 1 unspecified atom stereocenters. The molecule has 0 bridgehead atoms. The molecule has 2 nitrogen and oxygen atoms in total. The molecule has 0 saturated heterocycles. The molecule has 2 N–H and O–H groups in total. The maximum Gasteiger partial charge on any atom is 0.120 e. The standard InChI is InChI=1S/C13H19NO/c1-9-6-7-13(15)12(8-9)10(2)14-11-4-3-5-11/h6-8,10-11,14-15H,3-5H2,1-2H3. The van der Waals surface area contributed by atoms with Crippen molar-refractivity contribution in [2.24, 2.45) is 0 Å². The fourth-order valence-corrected chi connectivity index (χ4v) is 2.04. The minimum atomic E-state index is 0.246. The maximum atomic E-state index is 9.77. The SMILES string of the molecule is Cc1ccc(O)c(C(C)NC2CCC2)c1. The summed E-state index contributed by atoms with van der Waals surface area (Å²) in [6.45, 7) is 4.17. The van der Waals surface area contributed by atoms with E-state index in [0.717, 1.165) is 5.56 Å². The average Bonchev–Trinajstić information content (AvgIpc) is 2.15. The summed E-state index contributed by atoms with van der Waals surface area (Å²) in [6, 6.07) is 6.68. The van der Waals surface area contributed by atoms with Gasteiger partial charge in [0.2, 0.25) is 0 Å². The van der Waals surface area contributed by atoms with Gasteiger partial charge in [0, 0.05) is 17.6 Å². The second-order valence-corrected chi connectivity index (χ2v) is 4.58. The highest BCUT2D eigenvalue weighted by Crippen LogP contribution is 2.28. The van der Waals surface area contributed by atoms with E-state index in [2.05, 4.69) is 25.2 Å². The number of benzene rings is 1. The average molecular weight is 205 g/mol. The molecular weight excluding hydrogens is 186 g/mol. The Morgan fingerprint density at radius 2 is 2.13 bits per heavy atom. The second-order valence-electron chi connectivity index (χ2n) is 4.58. The number of nitrogens with one attached hydrogen (secondary N) is 1. The molecule has 2 rings (SSSR count). The zero-order chi connectivity index (χ0) is 10.8. The van der Waals surface area contributed by atoms with Crippen LogP contribution in [0.2, 0.25) is 0 Å². The zero-order valence-electron chi connectivity index (χ0n) is 9.46. The van der Waals surface area contributed by atoms with Gasteiger partial charge in [0.1, 0.15) is 5.75 Å². The molecule has 0 heterocycles. The number of aryl methyl sites for hydroxylation is 1. The van der Waals surface area contributed by atoms with Crippen molar-refractivity contribution in [2.75, 3.05) is 0 Å². The molecular formula is C13H19NO. The van der Waals surface area contributed by atoms with Crippen LogP contribution in [0.4, 0.5) is 0 Å². The van der Waals surface area contributed by atoms with Gasteiger partial charge in [-0.25, -0.2) is 0 Å². The van der Waals surface area contributed by atoms with Crippen LogP contribution >= 0.6 is 0 Å². The lowest BCUT2D eigenvalue weighted by Gasteiger charge is -2.30. The Hall–Kier alpha value is -1.02. The molecule has 1 fully saturated rings. The first kappa shape index (κ1) is 10.5. The van der Waals surface area contributed by atoms with Crippen LogP contribution in [0, 0.1) is 6.92 Å². The summed E-state index contributed by atoms with van der Waals surface area (Å²) >= 11 is 0. The van der Waals surface area contributed by atoms with E-state index in [1.165, 1.54) is 24.8 Å². The van der Waals surface area contributed by atoms with Crippen molar-refractivity contribution in [1.29, 1.82) is 0 Å². The van der Waals surface area contributed by atoms with Crippen LogP contribution in [-0.2, 0) is 0 Å². The van der Waals surface area contributed by atoms with Crippen molar-refractivity contribution >= 4 is 0 Å². The van der Waals surface area contributed by atoms with Crippen LogP contribution in [-0.4, -0.2) is 11.1 Å². The Labute approximate surface area is 91.3 Å². The van der Waals surface area contributed by atoms with E-state index in [0.29, 0.717) is 11.8 Å². The summed E-state index contributed by atoms with van der Waals surface area (Å²) in [6.07, 6.45) is 3.89. The highest BCUT2D eigenvalue weighted by atomic mass is 16.3. The van der Waals surface area contributed by atoms with E-state index in [4.69, 9.17) is 0 Å². The fourth-order valence-electron chi connectivity index (χ4n) is 2.04.